The van der Waals surface area contributed by atoms with Crippen LogP contribution in [0.25, 0.3) is 0 Å². The normalized spacial score (nSPS) is 11.8. The highest BCUT2D eigenvalue weighted by Crippen LogP contribution is 2.10. The number of aliphatic imine (C=N–C) groups is 1. The van der Waals surface area contributed by atoms with Gasteiger partial charge in [-0.15, -0.1) is 0 Å². The third-order valence-electron chi connectivity index (χ3n) is 1.98. The second-order valence-corrected chi connectivity index (χ2v) is 3.84. The lowest BCUT2D eigenvalue weighted by Crippen LogP contribution is -2.44. The second kappa shape index (κ2) is 6.15. The van der Waals surface area contributed by atoms with E-state index in [2.05, 4.69) is 15.7 Å². The summed E-state index contributed by atoms with van der Waals surface area (Å²) in [6, 6.07) is 3.54. The van der Waals surface area contributed by atoms with Crippen LogP contribution >= 0.6 is 0 Å². The van der Waals surface area contributed by atoms with Gasteiger partial charge in [-0.1, -0.05) is 6.07 Å². The van der Waals surface area contributed by atoms with Gasteiger partial charge in [0.15, 0.2) is 0 Å². The fraction of sp³-hybridized carbons (Fsp3) is 0.364. The molecular formula is C11H16F2N4. The first-order valence-electron chi connectivity index (χ1n) is 5.24. The molecule has 0 unspecified atom stereocenters. The summed E-state index contributed by atoms with van der Waals surface area (Å²) in [5.41, 5.74) is 2.69. The largest absolute Gasteiger partial charge is 0.353 e. The topological polar surface area (TPSA) is 62.4 Å². The van der Waals surface area contributed by atoms with Crippen molar-refractivity contribution >= 4 is 5.96 Å². The van der Waals surface area contributed by atoms with Crippen molar-refractivity contribution in [3.63, 3.8) is 0 Å². The van der Waals surface area contributed by atoms with Crippen molar-refractivity contribution in [3.05, 3.63) is 35.4 Å². The zero-order chi connectivity index (χ0) is 12.8. The first-order valence-corrected chi connectivity index (χ1v) is 5.24. The minimum atomic E-state index is -0.616. The summed E-state index contributed by atoms with van der Waals surface area (Å²) in [5, 5.41) is 2.95. The van der Waals surface area contributed by atoms with Gasteiger partial charge in [-0.25, -0.2) is 19.6 Å². The number of hydrogen-bond acceptors (Lipinski definition) is 2. The third kappa shape index (κ3) is 4.36. The Kier molecular flexibility index (Phi) is 4.84. The smallest absolute Gasteiger partial charge is 0.206 e. The van der Waals surface area contributed by atoms with Gasteiger partial charge in [0.25, 0.3) is 0 Å². The lowest BCUT2D eigenvalue weighted by molar-refractivity contribution is 0.572. The third-order valence-corrected chi connectivity index (χ3v) is 1.98. The minimum absolute atomic E-state index is 0.0887. The summed E-state index contributed by atoms with van der Waals surface area (Å²) >= 11 is 0. The molecule has 0 aliphatic rings. The molecular weight excluding hydrogens is 226 g/mol. The molecule has 0 aliphatic heterocycles. The highest BCUT2D eigenvalue weighted by atomic mass is 19.1. The van der Waals surface area contributed by atoms with Gasteiger partial charge in [-0.05, 0) is 19.9 Å². The highest BCUT2D eigenvalue weighted by molar-refractivity contribution is 5.79. The molecule has 0 aliphatic carbocycles. The fourth-order valence-electron chi connectivity index (χ4n) is 1.22. The number of guanidine groups is 1. The monoisotopic (exact) mass is 242 g/mol. The van der Waals surface area contributed by atoms with Crippen LogP contribution in [0.5, 0.6) is 0 Å². The Morgan fingerprint density at radius 3 is 2.65 bits per heavy atom. The number of rotatable bonds is 3. The molecule has 4 N–H and O–H groups in total. The molecule has 0 spiro atoms. The van der Waals surface area contributed by atoms with E-state index in [1.165, 1.54) is 12.1 Å². The molecule has 0 radical (unpaired) electrons. The van der Waals surface area contributed by atoms with Crippen molar-refractivity contribution in [1.29, 1.82) is 0 Å². The first-order chi connectivity index (χ1) is 8.02. The van der Waals surface area contributed by atoms with Gasteiger partial charge in [-0.2, -0.15) is 0 Å². The van der Waals surface area contributed by atoms with Crippen molar-refractivity contribution in [2.45, 2.75) is 26.4 Å². The number of hydrogen-bond donors (Lipinski definition) is 3. The van der Waals surface area contributed by atoms with E-state index in [4.69, 9.17) is 5.84 Å². The first kappa shape index (κ1) is 13.4. The molecule has 4 nitrogen and oxygen atoms in total. The van der Waals surface area contributed by atoms with Crippen LogP contribution in [0.4, 0.5) is 8.78 Å². The molecule has 1 aromatic rings. The zero-order valence-corrected chi connectivity index (χ0v) is 9.80. The average molecular weight is 242 g/mol. The molecule has 0 atom stereocenters. The molecule has 0 aromatic heterocycles. The van der Waals surface area contributed by atoms with E-state index in [0.29, 0.717) is 11.5 Å². The molecule has 6 heteroatoms. The molecule has 0 fully saturated rings. The van der Waals surface area contributed by atoms with Gasteiger partial charge in [0.2, 0.25) is 5.96 Å². The number of nitrogens with two attached hydrogens (primary N) is 1. The quantitative estimate of drug-likeness (QED) is 0.324. The van der Waals surface area contributed by atoms with Crippen LogP contribution in [0, 0.1) is 11.6 Å². The second-order valence-electron chi connectivity index (χ2n) is 3.84. The van der Waals surface area contributed by atoms with E-state index < -0.39 is 11.6 Å². The van der Waals surface area contributed by atoms with Gasteiger partial charge in [0.05, 0.1) is 6.54 Å². The maximum Gasteiger partial charge on any atom is 0.206 e. The summed E-state index contributed by atoms with van der Waals surface area (Å²) in [5.74, 6) is 4.39. The van der Waals surface area contributed by atoms with Gasteiger partial charge in [0.1, 0.15) is 11.6 Å². The fourth-order valence-corrected chi connectivity index (χ4v) is 1.22. The van der Waals surface area contributed by atoms with E-state index in [1.807, 2.05) is 13.8 Å². The maximum atomic E-state index is 13.3. The van der Waals surface area contributed by atoms with Gasteiger partial charge in [-0.3, -0.25) is 5.43 Å². The summed E-state index contributed by atoms with van der Waals surface area (Å²) in [7, 11) is 0. The lowest BCUT2D eigenvalue weighted by Gasteiger charge is -2.12. The van der Waals surface area contributed by atoms with Crippen molar-refractivity contribution in [1.82, 2.24) is 10.7 Å². The Morgan fingerprint density at radius 1 is 1.41 bits per heavy atom. The van der Waals surface area contributed by atoms with Crippen LogP contribution < -0.4 is 16.6 Å². The Hall–Kier alpha value is -1.69. The van der Waals surface area contributed by atoms with E-state index in [1.54, 1.807) is 0 Å². The summed E-state index contributed by atoms with van der Waals surface area (Å²) in [4.78, 5) is 4.05. The molecule has 1 aromatic carbocycles. The molecule has 17 heavy (non-hydrogen) atoms. The predicted molar refractivity (Wildman–Crippen MR) is 63.1 cm³/mol. The van der Waals surface area contributed by atoms with Crippen molar-refractivity contribution in [2.24, 2.45) is 10.8 Å². The predicted octanol–water partition coefficient (Wildman–Crippen LogP) is 1.28. The van der Waals surface area contributed by atoms with E-state index in [9.17, 15) is 8.78 Å². The number of nitrogens with zero attached hydrogens (tertiary/aromatic N) is 1. The average Bonchev–Trinajstić information content (AvgIpc) is 2.25. The molecule has 94 valence electrons. The standard InChI is InChI=1S/C11H16F2N4/c1-7(2)16-11(17-14)15-6-8-3-4-9(12)5-10(8)13/h3-5,7H,6,14H2,1-2H3,(H2,15,16,17). The van der Waals surface area contributed by atoms with E-state index >= 15 is 0 Å². The molecule has 0 amide bonds. The Morgan fingerprint density at radius 2 is 2.12 bits per heavy atom. The van der Waals surface area contributed by atoms with Crippen LogP contribution in [-0.2, 0) is 6.54 Å². The maximum absolute atomic E-state index is 13.3. The molecule has 1 rings (SSSR count). The highest BCUT2D eigenvalue weighted by Gasteiger charge is 2.04. The van der Waals surface area contributed by atoms with Crippen LogP contribution in [0.2, 0.25) is 0 Å². The molecule has 0 saturated heterocycles. The van der Waals surface area contributed by atoms with Gasteiger partial charge >= 0.3 is 0 Å². The summed E-state index contributed by atoms with van der Waals surface area (Å²) in [6.45, 7) is 3.93. The Bertz CT molecular complexity index is 404. The summed E-state index contributed by atoms with van der Waals surface area (Å²) < 4.78 is 26.0. The molecule has 0 heterocycles. The van der Waals surface area contributed by atoms with Crippen LogP contribution in [-0.4, -0.2) is 12.0 Å². The minimum Gasteiger partial charge on any atom is -0.353 e. The lowest BCUT2D eigenvalue weighted by atomic mass is 10.2. The van der Waals surface area contributed by atoms with Crippen molar-refractivity contribution in [2.75, 3.05) is 0 Å². The number of benzene rings is 1. The Balaban J connectivity index is 2.73. The number of nitrogens with one attached hydrogen (secondary N) is 2. The molecule has 0 saturated carbocycles. The SMILES string of the molecule is CC(C)NC(=NCc1ccc(F)cc1F)NN. The van der Waals surface area contributed by atoms with Crippen LogP contribution in [0.3, 0.4) is 0 Å². The molecule has 0 bridgehead atoms. The van der Waals surface area contributed by atoms with Gasteiger partial charge in [0, 0.05) is 17.7 Å². The number of hydrazine groups is 1. The van der Waals surface area contributed by atoms with Crippen LogP contribution in [0.1, 0.15) is 19.4 Å². The van der Waals surface area contributed by atoms with Crippen molar-refractivity contribution in [3.8, 4) is 0 Å². The van der Waals surface area contributed by atoms with Gasteiger partial charge < -0.3 is 5.32 Å². The number of halogens is 2. The zero-order valence-electron chi connectivity index (χ0n) is 9.80. The van der Waals surface area contributed by atoms with Crippen molar-refractivity contribution < 1.29 is 8.78 Å². The van der Waals surface area contributed by atoms with E-state index in [0.717, 1.165) is 6.07 Å². The summed E-state index contributed by atoms with van der Waals surface area (Å²) in [6.07, 6.45) is 0. The van der Waals surface area contributed by atoms with Crippen LogP contribution in [0.15, 0.2) is 23.2 Å². The Labute approximate surface area is 98.9 Å². The van der Waals surface area contributed by atoms with E-state index in [-0.39, 0.29) is 12.6 Å².